The van der Waals surface area contributed by atoms with E-state index in [0.29, 0.717) is 0 Å². The van der Waals surface area contributed by atoms with Crippen molar-refractivity contribution in [1.82, 2.24) is 19.4 Å². The normalized spacial score (nSPS) is 13.7. The van der Waals surface area contributed by atoms with Crippen molar-refractivity contribution in [3.8, 4) is 5.82 Å². The highest BCUT2D eigenvalue weighted by Crippen LogP contribution is 2.46. The van der Waals surface area contributed by atoms with E-state index in [1.807, 2.05) is 10.6 Å². The molecule has 1 aliphatic heterocycles. The van der Waals surface area contributed by atoms with Gasteiger partial charge in [-0.1, -0.05) is 91.0 Å². The molecule has 34 heavy (non-hydrogen) atoms. The first-order chi connectivity index (χ1) is 16.7. The number of fused-ring (bicyclic) bond motifs is 1. The zero-order valence-electron chi connectivity index (χ0n) is 18.6. The molecule has 6 rings (SSSR count). The Morgan fingerprint density at radius 1 is 0.647 bits per heavy atom. The summed E-state index contributed by atoms with van der Waals surface area (Å²) in [5.74, 6) is 0.779. The van der Waals surface area contributed by atoms with E-state index in [-0.39, 0.29) is 5.28 Å². The molecule has 4 nitrogen and oxygen atoms in total. The molecule has 0 amide bonds. The maximum atomic E-state index is 6.03. The van der Waals surface area contributed by atoms with E-state index in [0.717, 1.165) is 18.9 Å². The van der Waals surface area contributed by atoms with Gasteiger partial charge in [-0.15, -0.1) is 0 Å². The number of aromatic nitrogens is 3. The Bertz CT molecular complexity index is 1290. The number of benzene rings is 3. The molecule has 166 valence electrons. The lowest BCUT2D eigenvalue weighted by Gasteiger charge is -2.44. The first-order valence-electron chi connectivity index (χ1n) is 11.4. The lowest BCUT2D eigenvalue weighted by molar-refractivity contribution is 0.156. The van der Waals surface area contributed by atoms with Crippen LogP contribution in [0.25, 0.3) is 5.82 Å². The Morgan fingerprint density at radius 3 is 1.56 bits per heavy atom. The molecule has 3 aromatic carbocycles. The van der Waals surface area contributed by atoms with E-state index in [4.69, 9.17) is 11.6 Å². The highest BCUT2D eigenvalue weighted by atomic mass is 35.5. The summed E-state index contributed by atoms with van der Waals surface area (Å²) in [6.07, 6.45) is 6.02. The van der Waals surface area contributed by atoms with E-state index in [2.05, 4.69) is 118 Å². The monoisotopic (exact) mass is 462 g/mol. The van der Waals surface area contributed by atoms with Crippen LogP contribution in [0, 0.1) is 0 Å². The van der Waals surface area contributed by atoms with Gasteiger partial charge in [-0.3, -0.25) is 4.90 Å². The quantitative estimate of drug-likeness (QED) is 0.229. The van der Waals surface area contributed by atoms with Crippen molar-refractivity contribution in [3.63, 3.8) is 0 Å². The Labute approximate surface area is 204 Å². The number of halogens is 1. The number of hydrogen-bond acceptors (Lipinski definition) is 3. The largest absolute Gasteiger partial charge is 0.308 e. The minimum absolute atomic E-state index is 0.254. The molecule has 0 saturated heterocycles. The van der Waals surface area contributed by atoms with Crippen LogP contribution in [0.1, 0.15) is 27.8 Å². The lowest BCUT2D eigenvalue weighted by Crippen LogP contribution is -2.45. The Kier molecular flexibility index (Phi) is 5.25. The molecule has 0 atom stereocenters. The van der Waals surface area contributed by atoms with Gasteiger partial charge < -0.3 is 4.57 Å². The summed E-state index contributed by atoms with van der Waals surface area (Å²) in [7, 11) is 0. The van der Waals surface area contributed by atoms with Gasteiger partial charge in [0.25, 0.3) is 0 Å². The van der Waals surface area contributed by atoms with E-state index in [1.165, 1.54) is 27.8 Å². The summed E-state index contributed by atoms with van der Waals surface area (Å²) in [6, 6.07) is 34.4. The third kappa shape index (κ3) is 3.43. The first-order valence-corrected chi connectivity index (χ1v) is 11.7. The van der Waals surface area contributed by atoms with Crippen LogP contribution in [-0.4, -0.2) is 19.4 Å². The van der Waals surface area contributed by atoms with Gasteiger partial charge >= 0.3 is 0 Å². The van der Waals surface area contributed by atoms with Crippen LogP contribution < -0.4 is 0 Å². The molecule has 0 bridgehead atoms. The van der Waals surface area contributed by atoms with Crippen molar-refractivity contribution in [1.29, 1.82) is 0 Å². The standard InChI is InChI=1S/C29H23ClN4/c30-28-31-17-16-27(32-28)33-18-22-20-34(21-23(22)19-33)29(24-10-4-1-5-11-24,25-12-6-2-7-13-25)26-14-8-3-9-15-26/h1-19H,20-21H2. The van der Waals surface area contributed by atoms with Crippen molar-refractivity contribution < 1.29 is 0 Å². The molecule has 0 radical (unpaired) electrons. The summed E-state index contributed by atoms with van der Waals surface area (Å²) in [5.41, 5.74) is 5.94. The molecule has 0 N–H and O–H groups in total. The number of rotatable bonds is 5. The summed E-state index contributed by atoms with van der Waals surface area (Å²) >= 11 is 6.03. The molecule has 0 saturated carbocycles. The number of hydrogen-bond donors (Lipinski definition) is 0. The number of nitrogens with zero attached hydrogens (tertiary/aromatic N) is 4. The fourth-order valence-electron chi connectivity index (χ4n) is 5.22. The van der Waals surface area contributed by atoms with Crippen LogP contribution in [0.5, 0.6) is 0 Å². The second-order valence-electron chi connectivity index (χ2n) is 8.56. The third-order valence-electron chi connectivity index (χ3n) is 6.65. The van der Waals surface area contributed by atoms with Crippen LogP contribution in [0.2, 0.25) is 5.28 Å². The molecule has 2 aromatic heterocycles. The summed E-state index contributed by atoms with van der Waals surface area (Å²) in [4.78, 5) is 11.0. The Balaban J connectivity index is 1.49. The molecule has 0 fully saturated rings. The van der Waals surface area contributed by atoms with Crippen LogP contribution in [0.15, 0.2) is 116 Å². The highest BCUT2D eigenvalue weighted by Gasteiger charge is 2.44. The van der Waals surface area contributed by atoms with Crippen LogP contribution in [-0.2, 0) is 18.6 Å². The van der Waals surface area contributed by atoms with E-state index in [9.17, 15) is 0 Å². The maximum Gasteiger partial charge on any atom is 0.224 e. The van der Waals surface area contributed by atoms with Gasteiger partial charge in [0.2, 0.25) is 5.28 Å². The van der Waals surface area contributed by atoms with Gasteiger partial charge in [-0.2, -0.15) is 4.98 Å². The van der Waals surface area contributed by atoms with Gasteiger partial charge in [-0.25, -0.2) is 4.98 Å². The van der Waals surface area contributed by atoms with Crippen LogP contribution in [0.4, 0.5) is 0 Å². The molecule has 0 unspecified atom stereocenters. The van der Waals surface area contributed by atoms with E-state index < -0.39 is 5.54 Å². The third-order valence-corrected chi connectivity index (χ3v) is 6.83. The van der Waals surface area contributed by atoms with Crippen molar-refractivity contribution in [2.75, 3.05) is 0 Å². The molecule has 5 aromatic rings. The molecule has 0 spiro atoms. The minimum Gasteiger partial charge on any atom is -0.308 e. The smallest absolute Gasteiger partial charge is 0.224 e. The summed E-state index contributed by atoms with van der Waals surface area (Å²) in [5, 5.41) is 0.254. The highest BCUT2D eigenvalue weighted by molar-refractivity contribution is 6.28. The Morgan fingerprint density at radius 2 is 1.12 bits per heavy atom. The topological polar surface area (TPSA) is 34.0 Å². The van der Waals surface area contributed by atoms with Crippen LogP contribution in [0.3, 0.4) is 0 Å². The summed E-state index contributed by atoms with van der Waals surface area (Å²) < 4.78 is 2.05. The average Bonchev–Trinajstić information content (AvgIpc) is 3.47. The maximum absolute atomic E-state index is 6.03. The van der Waals surface area contributed by atoms with E-state index >= 15 is 0 Å². The van der Waals surface area contributed by atoms with Gasteiger partial charge in [0.05, 0.1) is 5.54 Å². The van der Waals surface area contributed by atoms with E-state index in [1.54, 1.807) is 6.20 Å². The predicted octanol–water partition coefficient (Wildman–Crippen LogP) is 6.23. The molecule has 3 heterocycles. The molecule has 0 aliphatic carbocycles. The van der Waals surface area contributed by atoms with Gasteiger partial charge in [-0.05, 0) is 45.5 Å². The second-order valence-corrected chi connectivity index (χ2v) is 8.90. The molecule has 1 aliphatic rings. The first kappa shape index (κ1) is 20.8. The molecular formula is C29H23ClN4. The second kappa shape index (κ2) is 8.56. The van der Waals surface area contributed by atoms with Crippen molar-refractivity contribution in [2.24, 2.45) is 0 Å². The lowest BCUT2D eigenvalue weighted by atomic mass is 9.75. The minimum atomic E-state index is -0.418. The van der Waals surface area contributed by atoms with Crippen molar-refractivity contribution in [2.45, 2.75) is 18.6 Å². The fraction of sp³-hybridized carbons (Fsp3) is 0.103. The summed E-state index contributed by atoms with van der Waals surface area (Å²) in [6.45, 7) is 1.64. The Hall–Kier alpha value is -3.73. The van der Waals surface area contributed by atoms with Crippen molar-refractivity contribution in [3.05, 3.63) is 149 Å². The van der Waals surface area contributed by atoms with Gasteiger partial charge in [0, 0.05) is 31.7 Å². The zero-order chi connectivity index (χ0) is 23.0. The average molecular weight is 463 g/mol. The zero-order valence-corrected chi connectivity index (χ0v) is 19.3. The van der Waals surface area contributed by atoms with Gasteiger partial charge in [0.15, 0.2) is 0 Å². The molecular weight excluding hydrogens is 440 g/mol. The van der Waals surface area contributed by atoms with Gasteiger partial charge in [0.1, 0.15) is 5.82 Å². The predicted molar refractivity (Wildman–Crippen MR) is 135 cm³/mol. The SMILES string of the molecule is Clc1nccc(-n2cc3c(c2)CN(C(c2ccccc2)(c2ccccc2)c2ccccc2)C3)n1. The molecule has 5 heteroatoms. The van der Waals surface area contributed by atoms with Crippen molar-refractivity contribution >= 4 is 11.6 Å². The fourth-order valence-corrected chi connectivity index (χ4v) is 5.36. The van der Waals surface area contributed by atoms with Crippen LogP contribution >= 0.6 is 11.6 Å².